The third kappa shape index (κ3) is 4.01. The monoisotopic (exact) mass is 324 g/mol. The summed E-state index contributed by atoms with van der Waals surface area (Å²) in [6, 6.07) is 9.30. The minimum absolute atomic E-state index is 0.163. The lowest BCUT2D eigenvalue weighted by Crippen LogP contribution is -2.38. The Hall–Kier alpha value is -1.54. The number of hydrogen-bond donors (Lipinski definition) is 2. The lowest BCUT2D eigenvalue weighted by Gasteiger charge is -2.19. The van der Waals surface area contributed by atoms with Crippen LogP contribution < -0.4 is 5.48 Å². The average molecular weight is 324 g/mol. The minimum atomic E-state index is -3.58. The molecule has 0 fully saturated rings. The standard InChI is InChI=1S/C15H20N2O4S/c1-11(21-2)7-15(17-18)22(19,20)10-12-8-13-5-3-4-6-14(13)16-9-12/h3-6,8-9,11,15,17-18H,7,10H2,1-2H3. The van der Waals surface area contributed by atoms with E-state index in [0.717, 1.165) is 10.9 Å². The van der Waals surface area contributed by atoms with E-state index in [0.29, 0.717) is 5.56 Å². The second-order valence-electron chi connectivity index (χ2n) is 5.24. The minimum Gasteiger partial charge on any atom is -0.382 e. The molecule has 0 saturated heterocycles. The quantitative estimate of drug-likeness (QED) is 0.756. The van der Waals surface area contributed by atoms with Crippen LogP contribution in [0, 0.1) is 0 Å². The van der Waals surface area contributed by atoms with Crippen molar-refractivity contribution in [1.82, 2.24) is 10.5 Å². The number of hydroxylamine groups is 1. The normalized spacial score (nSPS) is 14.9. The second kappa shape index (κ2) is 7.15. The summed E-state index contributed by atoms with van der Waals surface area (Å²) in [5.41, 5.74) is 3.28. The molecule has 1 aromatic carbocycles. The maximum Gasteiger partial charge on any atom is 0.172 e. The molecule has 0 aliphatic heterocycles. The first-order valence-corrected chi connectivity index (χ1v) is 8.65. The van der Waals surface area contributed by atoms with Crippen LogP contribution in [0.3, 0.4) is 0 Å². The molecule has 2 rings (SSSR count). The molecule has 22 heavy (non-hydrogen) atoms. The molecule has 7 heteroatoms. The maximum absolute atomic E-state index is 12.4. The Balaban J connectivity index is 2.21. The molecular weight excluding hydrogens is 304 g/mol. The van der Waals surface area contributed by atoms with Gasteiger partial charge in [-0.05, 0) is 24.6 Å². The molecule has 2 N–H and O–H groups in total. The number of hydrogen-bond acceptors (Lipinski definition) is 6. The van der Waals surface area contributed by atoms with Crippen LogP contribution in [-0.2, 0) is 20.3 Å². The van der Waals surface area contributed by atoms with Crippen molar-refractivity contribution in [3.8, 4) is 0 Å². The van der Waals surface area contributed by atoms with Crippen LogP contribution in [0.1, 0.15) is 18.9 Å². The molecule has 2 atom stereocenters. The predicted octanol–water partition coefficient (Wildman–Crippen LogP) is 1.88. The molecule has 2 unspecified atom stereocenters. The van der Waals surface area contributed by atoms with E-state index in [-0.39, 0.29) is 18.3 Å². The Bertz CT molecular complexity index is 733. The van der Waals surface area contributed by atoms with Crippen LogP contribution in [-0.4, -0.2) is 37.2 Å². The smallest absolute Gasteiger partial charge is 0.172 e. The highest BCUT2D eigenvalue weighted by atomic mass is 32.2. The highest BCUT2D eigenvalue weighted by molar-refractivity contribution is 7.91. The summed E-state index contributed by atoms with van der Waals surface area (Å²) >= 11 is 0. The van der Waals surface area contributed by atoms with Crippen LogP contribution >= 0.6 is 0 Å². The van der Waals surface area contributed by atoms with Crippen LogP contribution in [0.2, 0.25) is 0 Å². The highest BCUT2D eigenvalue weighted by Gasteiger charge is 2.27. The van der Waals surface area contributed by atoms with E-state index < -0.39 is 15.2 Å². The van der Waals surface area contributed by atoms with Gasteiger partial charge in [0.15, 0.2) is 9.84 Å². The molecule has 0 saturated carbocycles. The van der Waals surface area contributed by atoms with Gasteiger partial charge in [-0.15, -0.1) is 0 Å². The first-order valence-electron chi connectivity index (χ1n) is 6.94. The summed E-state index contributed by atoms with van der Waals surface area (Å²) in [7, 11) is -2.08. The molecule has 0 bridgehead atoms. The van der Waals surface area contributed by atoms with Crippen molar-refractivity contribution in [2.45, 2.75) is 30.6 Å². The molecule has 0 spiro atoms. The molecule has 0 radical (unpaired) electrons. The van der Waals surface area contributed by atoms with Gasteiger partial charge >= 0.3 is 0 Å². The molecule has 0 aliphatic rings. The number of rotatable bonds is 7. The zero-order valence-corrected chi connectivity index (χ0v) is 13.4. The first-order chi connectivity index (χ1) is 10.5. The molecule has 120 valence electrons. The zero-order chi connectivity index (χ0) is 16.2. The molecule has 6 nitrogen and oxygen atoms in total. The average Bonchev–Trinajstić information content (AvgIpc) is 2.51. The van der Waals surface area contributed by atoms with Crippen molar-refractivity contribution in [3.63, 3.8) is 0 Å². The van der Waals surface area contributed by atoms with Crippen molar-refractivity contribution in [2.24, 2.45) is 0 Å². The van der Waals surface area contributed by atoms with E-state index >= 15 is 0 Å². The molecular formula is C15H20N2O4S. The number of benzene rings is 1. The van der Waals surface area contributed by atoms with E-state index in [1.54, 1.807) is 19.2 Å². The van der Waals surface area contributed by atoms with Gasteiger partial charge < -0.3 is 9.94 Å². The number of ether oxygens (including phenoxy) is 1. The zero-order valence-electron chi connectivity index (χ0n) is 12.6. The SMILES string of the molecule is COC(C)CC(NO)S(=O)(=O)Cc1cnc2ccccc2c1. The van der Waals surface area contributed by atoms with E-state index in [1.807, 2.05) is 29.7 Å². The molecule has 2 aromatic rings. The third-order valence-electron chi connectivity index (χ3n) is 3.54. The number of nitrogens with one attached hydrogen (secondary N) is 1. The Labute approximate surface area is 130 Å². The van der Waals surface area contributed by atoms with Gasteiger partial charge in [0.2, 0.25) is 0 Å². The topological polar surface area (TPSA) is 88.5 Å². The van der Waals surface area contributed by atoms with Gasteiger partial charge in [-0.25, -0.2) is 8.42 Å². The van der Waals surface area contributed by atoms with Crippen LogP contribution in [0.15, 0.2) is 36.5 Å². The van der Waals surface area contributed by atoms with E-state index in [9.17, 15) is 8.42 Å². The van der Waals surface area contributed by atoms with Gasteiger partial charge in [0.25, 0.3) is 0 Å². The lowest BCUT2D eigenvalue weighted by molar-refractivity contribution is 0.0810. The summed E-state index contributed by atoms with van der Waals surface area (Å²) in [5.74, 6) is -0.195. The number of nitrogens with zero attached hydrogens (tertiary/aromatic N) is 1. The lowest BCUT2D eigenvalue weighted by atomic mass is 10.2. The number of fused-ring (bicyclic) bond motifs is 1. The Morgan fingerprint density at radius 1 is 1.36 bits per heavy atom. The molecule has 1 aromatic heterocycles. The second-order valence-corrected chi connectivity index (χ2v) is 7.43. The number of aromatic nitrogens is 1. The van der Waals surface area contributed by atoms with Gasteiger partial charge in [-0.3, -0.25) is 4.98 Å². The van der Waals surface area contributed by atoms with Gasteiger partial charge in [0.05, 0.1) is 17.4 Å². The van der Waals surface area contributed by atoms with Crippen LogP contribution in [0.25, 0.3) is 10.9 Å². The molecule has 0 aliphatic carbocycles. The Kier molecular flexibility index (Phi) is 5.47. The summed E-state index contributed by atoms with van der Waals surface area (Å²) in [6.07, 6.45) is 1.43. The van der Waals surface area contributed by atoms with Gasteiger partial charge in [0.1, 0.15) is 5.37 Å². The highest BCUT2D eigenvalue weighted by Crippen LogP contribution is 2.18. The molecule has 1 heterocycles. The van der Waals surface area contributed by atoms with E-state index in [1.165, 1.54) is 7.11 Å². The number of para-hydroxylation sites is 1. The van der Waals surface area contributed by atoms with Crippen LogP contribution in [0.4, 0.5) is 0 Å². The van der Waals surface area contributed by atoms with Crippen molar-refractivity contribution >= 4 is 20.7 Å². The fraction of sp³-hybridized carbons (Fsp3) is 0.400. The van der Waals surface area contributed by atoms with E-state index in [4.69, 9.17) is 9.94 Å². The van der Waals surface area contributed by atoms with Crippen molar-refractivity contribution in [3.05, 3.63) is 42.1 Å². The fourth-order valence-electron chi connectivity index (χ4n) is 2.21. The van der Waals surface area contributed by atoms with E-state index in [2.05, 4.69) is 4.98 Å². The van der Waals surface area contributed by atoms with Gasteiger partial charge in [0, 0.05) is 25.1 Å². The Morgan fingerprint density at radius 2 is 2.09 bits per heavy atom. The van der Waals surface area contributed by atoms with Crippen LogP contribution in [0.5, 0.6) is 0 Å². The van der Waals surface area contributed by atoms with Gasteiger partial charge in [-0.2, -0.15) is 5.48 Å². The molecule has 0 amide bonds. The number of sulfone groups is 1. The van der Waals surface area contributed by atoms with Crippen molar-refractivity contribution in [2.75, 3.05) is 7.11 Å². The number of pyridine rings is 1. The summed E-state index contributed by atoms with van der Waals surface area (Å²) in [5, 5.41) is 8.96. The summed E-state index contributed by atoms with van der Waals surface area (Å²) in [4.78, 5) is 4.26. The summed E-state index contributed by atoms with van der Waals surface area (Å²) in [6.45, 7) is 1.75. The van der Waals surface area contributed by atoms with Gasteiger partial charge in [-0.1, -0.05) is 18.2 Å². The fourth-order valence-corrected chi connectivity index (χ4v) is 3.75. The summed E-state index contributed by atoms with van der Waals surface area (Å²) < 4.78 is 29.9. The first kappa shape index (κ1) is 16.8. The predicted molar refractivity (Wildman–Crippen MR) is 84.2 cm³/mol. The van der Waals surface area contributed by atoms with Crippen molar-refractivity contribution < 1.29 is 18.4 Å². The Morgan fingerprint density at radius 3 is 2.77 bits per heavy atom. The third-order valence-corrected chi connectivity index (χ3v) is 5.44. The maximum atomic E-state index is 12.4. The van der Waals surface area contributed by atoms with Crippen molar-refractivity contribution in [1.29, 1.82) is 0 Å². The number of methoxy groups -OCH3 is 1. The largest absolute Gasteiger partial charge is 0.382 e.